The molecule has 1 amide bonds. The van der Waals surface area contributed by atoms with Gasteiger partial charge in [-0.3, -0.25) is 4.79 Å². The Morgan fingerprint density at radius 2 is 2.03 bits per heavy atom. The van der Waals surface area contributed by atoms with Crippen molar-refractivity contribution in [3.8, 4) is 5.75 Å². The first-order valence-corrected chi connectivity index (χ1v) is 11.7. The highest BCUT2D eigenvalue weighted by molar-refractivity contribution is 7.90. The van der Waals surface area contributed by atoms with Gasteiger partial charge in [0.05, 0.1) is 23.6 Å². The van der Waals surface area contributed by atoms with E-state index in [0.717, 1.165) is 31.6 Å². The minimum absolute atomic E-state index is 0.0313. The maximum atomic E-state index is 13.2. The summed E-state index contributed by atoms with van der Waals surface area (Å²) in [5, 5.41) is 2.21. The lowest BCUT2D eigenvalue weighted by atomic mass is 9.86. The maximum Gasteiger partial charge on any atom is 0.431 e. The number of hydrogen-bond acceptors (Lipinski definition) is 5. The Balaban J connectivity index is 1.64. The van der Waals surface area contributed by atoms with Gasteiger partial charge in [0.15, 0.2) is 9.84 Å². The van der Waals surface area contributed by atoms with Crippen molar-refractivity contribution in [2.24, 2.45) is 5.92 Å². The third kappa shape index (κ3) is 4.48. The van der Waals surface area contributed by atoms with Crippen LogP contribution in [0.1, 0.15) is 29.6 Å². The van der Waals surface area contributed by atoms with Crippen LogP contribution in [-0.4, -0.2) is 44.8 Å². The Bertz CT molecular complexity index is 1120. The second-order valence-corrected chi connectivity index (χ2v) is 9.94. The number of hydrogen-bond donors (Lipinski definition) is 1. The molecule has 6 nitrogen and oxygen atoms in total. The third-order valence-corrected chi connectivity index (χ3v) is 6.69. The van der Waals surface area contributed by atoms with E-state index >= 15 is 0 Å². The first-order chi connectivity index (χ1) is 14.5. The molecule has 0 unspecified atom stereocenters. The van der Waals surface area contributed by atoms with E-state index in [4.69, 9.17) is 4.74 Å². The highest BCUT2D eigenvalue weighted by atomic mass is 32.2. The number of carbonyl (C=O) groups excluding carboxylic acids is 1. The molecule has 0 radical (unpaired) electrons. The molecule has 1 saturated carbocycles. The van der Waals surface area contributed by atoms with Gasteiger partial charge in [-0.1, -0.05) is 6.42 Å². The Hall–Kier alpha value is -2.75. The SMILES string of the molecule is CS(=O)(=O)c1ccc(OCC2CCC2)c(C(=O)N2C=C3C=C(C(F)(F)F)NC=C3C2)c1. The Morgan fingerprint density at radius 3 is 2.65 bits per heavy atom. The molecule has 4 rings (SSSR count). The monoisotopic (exact) mass is 454 g/mol. The number of allylic oxidation sites excluding steroid dienone is 2. The van der Waals surface area contributed by atoms with Crippen molar-refractivity contribution in [3.63, 3.8) is 0 Å². The van der Waals surface area contributed by atoms with Gasteiger partial charge in [0.25, 0.3) is 5.91 Å². The van der Waals surface area contributed by atoms with Crippen molar-refractivity contribution < 1.29 is 31.1 Å². The molecule has 2 aliphatic heterocycles. The molecule has 166 valence electrons. The standard InChI is InChI=1S/C21H21F3N2O4S/c1-31(28,29)16-5-6-18(30-12-13-3-2-4-13)17(8-16)20(27)26-10-14-7-19(21(22,23)24)25-9-15(14)11-26/h5-10,13,25H,2-4,11-12H2,1H3. The van der Waals surface area contributed by atoms with E-state index in [1.54, 1.807) is 0 Å². The summed E-state index contributed by atoms with van der Waals surface area (Å²) in [7, 11) is -3.57. The average Bonchev–Trinajstić information content (AvgIpc) is 3.08. The molecule has 0 spiro atoms. The molecule has 0 aromatic heterocycles. The van der Waals surface area contributed by atoms with E-state index in [0.29, 0.717) is 18.1 Å². The summed E-state index contributed by atoms with van der Waals surface area (Å²) in [5.74, 6) is 0.117. The van der Waals surface area contributed by atoms with Crippen molar-refractivity contribution in [1.82, 2.24) is 10.2 Å². The molecule has 0 bridgehead atoms. The number of amides is 1. The molecule has 0 atom stereocenters. The van der Waals surface area contributed by atoms with Crippen LogP contribution in [-0.2, 0) is 9.84 Å². The van der Waals surface area contributed by atoms with Gasteiger partial charge < -0.3 is 15.0 Å². The number of fused-ring (bicyclic) bond motifs is 1. The van der Waals surface area contributed by atoms with Crippen molar-refractivity contribution in [3.05, 3.63) is 59.1 Å². The van der Waals surface area contributed by atoms with Gasteiger partial charge in [-0.05, 0) is 54.2 Å². The van der Waals surface area contributed by atoms with Gasteiger partial charge >= 0.3 is 6.18 Å². The number of nitrogens with one attached hydrogen (secondary N) is 1. The zero-order chi connectivity index (χ0) is 22.4. The molecular weight excluding hydrogens is 433 g/mol. The number of rotatable bonds is 5. The van der Waals surface area contributed by atoms with Crippen LogP contribution in [0.2, 0.25) is 0 Å². The van der Waals surface area contributed by atoms with Gasteiger partial charge in [-0.15, -0.1) is 0 Å². The summed E-state index contributed by atoms with van der Waals surface area (Å²) in [6.07, 6.45) is 3.22. The topological polar surface area (TPSA) is 75.7 Å². The van der Waals surface area contributed by atoms with Crippen LogP contribution in [0.4, 0.5) is 13.2 Å². The number of carbonyl (C=O) groups is 1. The molecule has 1 N–H and O–H groups in total. The van der Waals surface area contributed by atoms with Crippen LogP contribution in [0.15, 0.2) is 58.4 Å². The minimum Gasteiger partial charge on any atom is -0.492 e. The van der Waals surface area contributed by atoms with E-state index in [2.05, 4.69) is 5.32 Å². The fourth-order valence-corrected chi connectivity index (χ4v) is 4.19. The second kappa shape index (κ2) is 7.74. The van der Waals surface area contributed by atoms with Crippen LogP contribution in [0.25, 0.3) is 0 Å². The van der Waals surface area contributed by atoms with Crippen LogP contribution in [0.5, 0.6) is 5.75 Å². The predicted molar refractivity (Wildman–Crippen MR) is 107 cm³/mol. The molecule has 1 aromatic carbocycles. The lowest BCUT2D eigenvalue weighted by Gasteiger charge is -2.26. The molecule has 1 aromatic rings. The maximum absolute atomic E-state index is 13.2. The summed E-state index contributed by atoms with van der Waals surface area (Å²) in [4.78, 5) is 14.4. The Morgan fingerprint density at radius 1 is 1.29 bits per heavy atom. The van der Waals surface area contributed by atoms with Gasteiger partial charge in [-0.25, -0.2) is 8.42 Å². The first kappa shape index (κ1) is 21.5. The number of ether oxygens (including phenoxy) is 1. The number of dihydropyridines is 1. The summed E-state index contributed by atoms with van der Waals surface area (Å²) < 4.78 is 68.7. The van der Waals surface area contributed by atoms with Crippen LogP contribution in [0, 0.1) is 5.92 Å². The quantitative estimate of drug-likeness (QED) is 0.737. The number of sulfone groups is 1. The first-order valence-electron chi connectivity index (χ1n) is 9.77. The molecular formula is C21H21F3N2O4S. The molecule has 10 heteroatoms. The van der Waals surface area contributed by atoms with Crippen LogP contribution < -0.4 is 10.1 Å². The summed E-state index contributed by atoms with van der Waals surface area (Å²) >= 11 is 0. The van der Waals surface area contributed by atoms with Gasteiger partial charge in [0, 0.05) is 18.7 Å². The Kier molecular flexibility index (Phi) is 5.36. The molecule has 1 fully saturated rings. The normalized spacial score (nSPS) is 19.0. The highest BCUT2D eigenvalue weighted by Crippen LogP contribution is 2.34. The van der Waals surface area contributed by atoms with E-state index in [1.165, 1.54) is 35.5 Å². The zero-order valence-corrected chi connectivity index (χ0v) is 17.5. The van der Waals surface area contributed by atoms with Crippen molar-refractivity contribution >= 4 is 15.7 Å². The Labute approximate surface area is 178 Å². The summed E-state index contributed by atoms with van der Waals surface area (Å²) in [5.41, 5.74) is -0.0556. The van der Waals surface area contributed by atoms with Crippen LogP contribution in [0.3, 0.4) is 0 Å². The fourth-order valence-electron chi connectivity index (χ4n) is 3.54. The largest absolute Gasteiger partial charge is 0.492 e. The zero-order valence-electron chi connectivity index (χ0n) is 16.7. The van der Waals surface area contributed by atoms with Gasteiger partial charge in [0.2, 0.25) is 0 Å². The average molecular weight is 454 g/mol. The van der Waals surface area contributed by atoms with Crippen molar-refractivity contribution in [2.45, 2.75) is 30.3 Å². The lowest BCUT2D eigenvalue weighted by Crippen LogP contribution is -2.27. The van der Waals surface area contributed by atoms with Crippen LogP contribution >= 0.6 is 0 Å². The second-order valence-electron chi connectivity index (χ2n) is 7.93. The van der Waals surface area contributed by atoms with Crippen molar-refractivity contribution in [1.29, 1.82) is 0 Å². The van der Waals surface area contributed by atoms with E-state index < -0.39 is 27.6 Å². The number of benzene rings is 1. The smallest absolute Gasteiger partial charge is 0.431 e. The summed E-state index contributed by atoms with van der Waals surface area (Å²) in [6.45, 7) is 0.486. The number of nitrogens with zero attached hydrogens (tertiary/aromatic N) is 1. The van der Waals surface area contributed by atoms with Gasteiger partial charge in [-0.2, -0.15) is 13.2 Å². The molecule has 1 aliphatic carbocycles. The molecule has 3 aliphatic rings. The highest BCUT2D eigenvalue weighted by Gasteiger charge is 2.37. The molecule has 31 heavy (non-hydrogen) atoms. The van der Waals surface area contributed by atoms with E-state index in [1.807, 2.05) is 0 Å². The van der Waals surface area contributed by atoms with E-state index in [-0.39, 0.29) is 28.3 Å². The summed E-state index contributed by atoms with van der Waals surface area (Å²) in [6, 6.07) is 4.11. The van der Waals surface area contributed by atoms with E-state index in [9.17, 15) is 26.4 Å². The lowest BCUT2D eigenvalue weighted by molar-refractivity contribution is -0.0956. The third-order valence-electron chi connectivity index (χ3n) is 5.58. The predicted octanol–water partition coefficient (Wildman–Crippen LogP) is 3.54. The van der Waals surface area contributed by atoms with Crippen molar-refractivity contribution in [2.75, 3.05) is 19.4 Å². The number of halogens is 3. The number of alkyl halides is 3. The fraction of sp³-hybridized carbons (Fsp3) is 0.381. The minimum atomic E-state index is -4.54. The van der Waals surface area contributed by atoms with Gasteiger partial charge in [0.1, 0.15) is 11.4 Å². The molecule has 0 saturated heterocycles. The molecule has 2 heterocycles.